The lowest BCUT2D eigenvalue weighted by molar-refractivity contribution is 0.522. The minimum atomic E-state index is 0.145. The highest BCUT2D eigenvalue weighted by Gasteiger charge is 2.41. The van der Waals surface area contributed by atoms with Gasteiger partial charge in [-0.2, -0.15) is 5.26 Å². The molecule has 0 N–H and O–H groups in total. The monoisotopic (exact) mass is 165 g/mol. The van der Waals surface area contributed by atoms with E-state index >= 15 is 0 Å². The first-order valence-corrected chi connectivity index (χ1v) is 5.24. The Morgan fingerprint density at radius 3 is 2.33 bits per heavy atom. The fraction of sp³-hybridized carbons (Fsp3) is 0.909. The minimum Gasteiger partial charge on any atom is -0.198 e. The molecular formula is C11H19N. The van der Waals surface area contributed by atoms with Crippen LogP contribution in [0.25, 0.3) is 0 Å². The van der Waals surface area contributed by atoms with Crippen LogP contribution in [0.15, 0.2) is 0 Å². The Kier molecular flexibility index (Phi) is 3.59. The van der Waals surface area contributed by atoms with Crippen molar-refractivity contribution in [3.63, 3.8) is 0 Å². The zero-order chi connectivity index (χ0) is 8.86. The van der Waals surface area contributed by atoms with Crippen LogP contribution in [0, 0.1) is 16.7 Å². The van der Waals surface area contributed by atoms with Crippen LogP contribution in [0.2, 0.25) is 0 Å². The summed E-state index contributed by atoms with van der Waals surface area (Å²) in [7, 11) is 0. The SMILES string of the molecule is CCCCCCCC1(C#N)CC1. The van der Waals surface area contributed by atoms with Crippen molar-refractivity contribution in [1.82, 2.24) is 0 Å². The van der Waals surface area contributed by atoms with Crippen molar-refractivity contribution < 1.29 is 0 Å². The van der Waals surface area contributed by atoms with Crippen LogP contribution in [0.1, 0.15) is 58.3 Å². The molecule has 1 fully saturated rings. The Hall–Kier alpha value is -0.510. The molecular weight excluding hydrogens is 146 g/mol. The third-order valence-corrected chi connectivity index (χ3v) is 2.85. The van der Waals surface area contributed by atoms with Crippen molar-refractivity contribution >= 4 is 0 Å². The zero-order valence-corrected chi connectivity index (χ0v) is 8.10. The van der Waals surface area contributed by atoms with Crippen LogP contribution in [0.3, 0.4) is 0 Å². The number of unbranched alkanes of at least 4 members (excludes halogenated alkanes) is 4. The average molecular weight is 165 g/mol. The molecule has 0 radical (unpaired) electrons. The van der Waals surface area contributed by atoms with Gasteiger partial charge in [0.25, 0.3) is 0 Å². The van der Waals surface area contributed by atoms with Gasteiger partial charge in [0.15, 0.2) is 0 Å². The molecule has 0 atom stereocenters. The third kappa shape index (κ3) is 2.85. The van der Waals surface area contributed by atoms with Crippen LogP contribution in [-0.2, 0) is 0 Å². The van der Waals surface area contributed by atoms with E-state index in [1.54, 1.807) is 0 Å². The van der Waals surface area contributed by atoms with Crippen LogP contribution >= 0.6 is 0 Å². The minimum absolute atomic E-state index is 0.145. The number of nitriles is 1. The number of hydrogen-bond donors (Lipinski definition) is 0. The van der Waals surface area contributed by atoms with Crippen molar-refractivity contribution in [3.05, 3.63) is 0 Å². The van der Waals surface area contributed by atoms with E-state index in [0.717, 1.165) is 19.3 Å². The molecule has 0 aromatic carbocycles. The summed E-state index contributed by atoms with van der Waals surface area (Å²) in [6, 6.07) is 2.44. The van der Waals surface area contributed by atoms with Gasteiger partial charge >= 0.3 is 0 Å². The van der Waals surface area contributed by atoms with Crippen molar-refractivity contribution in [1.29, 1.82) is 5.26 Å². The molecule has 0 heterocycles. The fourth-order valence-electron chi connectivity index (χ4n) is 1.64. The maximum absolute atomic E-state index is 8.81. The van der Waals surface area contributed by atoms with Gasteiger partial charge in [-0.15, -0.1) is 0 Å². The summed E-state index contributed by atoms with van der Waals surface area (Å²) < 4.78 is 0. The molecule has 0 unspecified atom stereocenters. The van der Waals surface area contributed by atoms with Gasteiger partial charge in [-0.05, 0) is 19.3 Å². The third-order valence-electron chi connectivity index (χ3n) is 2.85. The van der Waals surface area contributed by atoms with E-state index in [1.807, 2.05) is 0 Å². The lowest BCUT2D eigenvalue weighted by Gasteiger charge is -2.03. The normalized spacial score (nSPS) is 18.7. The highest BCUT2D eigenvalue weighted by atomic mass is 14.5. The average Bonchev–Trinajstić information content (AvgIpc) is 2.85. The second-order valence-electron chi connectivity index (χ2n) is 4.06. The first-order valence-electron chi connectivity index (χ1n) is 5.24. The Morgan fingerprint density at radius 1 is 1.17 bits per heavy atom. The van der Waals surface area contributed by atoms with E-state index in [9.17, 15) is 0 Å². The second-order valence-corrected chi connectivity index (χ2v) is 4.06. The van der Waals surface area contributed by atoms with Gasteiger partial charge in [-0.3, -0.25) is 0 Å². The molecule has 0 aliphatic heterocycles. The van der Waals surface area contributed by atoms with E-state index in [1.165, 1.54) is 32.1 Å². The van der Waals surface area contributed by atoms with Crippen molar-refractivity contribution in [3.8, 4) is 6.07 Å². The van der Waals surface area contributed by atoms with Crippen LogP contribution in [0.5, 0.6) is 0 Å². The highest BCUT2D eigenvalue weighted by molar-refractivity contribution is 5.09. The van der Waals surface area contributed by atoms with E-state index in [2.05, 4.69) is 13.0 Å². The Bertz CT molecular complexity index is 162. The first kappa shape index (κ1) is 9.58. The second kappa shape index (κ2) is 4.50. The van der Waals surface area contributed by atoms with Gasteiger partial charge < -0.3 is 0 Å². The zero-order valence-electron chi connectivity index (χ0n) is 8.10. The maximum Gasteiger partial charge on any atom is 0.0689 e. The van der Waals surface area contributed by atoms with Crippen LogP contribution in [-0.4, -0.2) is 0 Å². The van der Waals surface area contributed by atoms with Crippen LogP contribution < -0.4 is 0 Å². The Morgan fingerprint density at radius 2 is 1.83 bits per heavy atom. The van der Waals surface area contributed by atoms with Gasteiger partial charge in [-0.1, -0.05) is 39.0 Å². The van der Waals surface area contributed by atoms with E-state index in [-0.39, 0.29) is 5.41 Å². The van der Waals surface area contributed by atoms with Crippen molar-refractivity contribution in [2.75, 3.05) is 0 Å². The largest absolute Gasteiger partial charge is 0.198 e. The standard InChI is InChI=1S/C11H19N/c1-2-3-4-5-6-7-11(10-12)8-9-11/h2-9H2,1H3. The smallest absolute Gasteiger partial charge is 0.0689 e. The van der Waals surface area contributed by atoms with Crippen molar-refractivity contribution in [2.24, 2.45) is 5.41 Å². The van der Waals surface area contributed by atoms with E-state index < -0.39 is 0 Å². The first-order chi connectivity index (χ1) is 5.83. The van der Waals surface area contributed by atoms with Gasteiger partial charge in [0.2, 0.25) is 0 Å². The molecule has 1 saturated carbocycles. The number of hydrogen-bond acceptors (Lipinski definition) is 1. The summed E-state index contributed by atoms with van der Waals surface area (Å²) in [5.41, 5.74) is 0.145. The molecule has 0 saturated heterocycles. The predicted octanol–water partition coefficient (Wildman–Crippen LogP) is 3.65. The molecule has 1 aliphatic carbocycles. The molecule has 0 bridgehead atoms. The number of nitrogens with zero attached hydrogens (tertiary/aromatic N) is 1. The molecule has 1 heteroatoms. The molecule has 1 aliphatic rings. The lowest BCUT2D eigenvalue weighted by atomic mass is 9.99. The summed E-state index contributed by atoms with van der Waals surface area (Å²) in [5, 5.41) is 8.81. The molecule has 0 amide bonds. The fourth-order valence-corrected chi connectivity index (χ4v) is 1.64. The van der Waals surface area contributed by atoms with Crippen LogP contribution in [0.4, 0.5) is 0 Å². The molecule has 12 heavy (non-hydrogen) atoms. The molecule has 68 valence electrons. The van der Waals surface area contributed by atoms with Gasteiger partial charge in [-0.25, -0.2) is 0 Å². The topological polar surface area (TPSA) is 23.8 Å². The lowest BCUT2D eigenvalue weighted by Crippen LogP contribution is -1.94. The maximum atomic E-state index is 8.81. The quantitative estimate of drug-likeness (QED) is 0.551. The molecule has 1 rings (SSSR count). The number of rotatable bonds is 6. The summed E-state index contributed by atoms with van der Waals surface area (Å²) in [4.78, 5) is 0. The van der Waals surface area contributed by atoms with Gasteiger partial charge in [0, 0.05) is 0 Å². The molecule has 0 aromatic rings. The molecule has 1 nitrogen and oxygen atoms in total. The summed E-state index contributed by atoms with van der Waals surface area (Å²) in [6.45, 7) is 2.23. The summed E-state index contributed by atoms with van der Waals surface area (Å²) >= 11 is 0. The van der Waals surface area contributed by atoms with E-state index in [4.69, 9.17) is 5.26 Å². The summed E-state index contributed by atoms with van der Waals surface area (Å²) in [5.74, 6) is 0. The Balaban J connectivity index is 1.93. The van der Waals surface area contributed by atoms with Gasteiger partial charge in [0.1, 0.15) is 0 Å². The molecule has 0 aromatic heterocycles. The Labute approximate surface area is 75.8 Å². The highest BCUT2D eigenvalue weighted by Crippen LogP contribution is 2.49. The van der Waals surface area contributed by atoms with Crippen molar-refractivity contribution in [2.45, 2.75) is 58.3 Å². The van der Waals surface area contributed by atoms with Gasteiger partial charge in [0.05, 0.1) is 11.5 Å². The summed E-state index contributed by atoms with van der Waals surface area (Å²) in [6.07, 6.45) is 10.1. The molecule has 0 spiro atoms. The van der Waals surface area contributed by atoms with E-state index in [0.29, 0.717) is 0 Å². The predicted molar refractivity (Wildman–Crippen MR) is 50.7 cm³/mol.